The SMILES string of the molecule is CC(Nc1c(-c2ccc(N(C)C)cc2)nc2cnccn12)C(=O)N1CCN(CCc2cccs2)CC1. The molecule has 9 heteroatoms. The van der Waals surface area contributed by atoms with E-state index in [1.165, 1.54) is 4.88 Å². The van der Waals surface area contributed by atoms with E-state index in [9.17, 15) is 4.79 Å². The maximum absolute atomic E-state index is 13.4. The molecule has 1 saturated heterocycles. The minimum Gasteiger partial charge on any atom is -0.378 e. The number of hydrogen-bond acceptors (Lipinski definition) is 7. The van der Waals surface area contributed by atoms with Crippen LogP contribution in [0.2, 0.25) is 0 Å². The fourth-order valence-corrected chi connectivity index (χ4v) is 5.32. The first-order valence-electron chi connectivity index (χ1n) is 12.4. The van der Waals surface area contributed by atoms with Gasteiger partial charge in [0, 0.05) is 75.3 Å². The smallest absolute Gasteiger partial charge is 0.244 e. The van der Waals surface area contributed by atoms with Crippen molar-refractivity contribution < 1.29 is 4.79 Å². The first-order valence-corrected chi connectivity index (χ1v) is 13.3. The quantitative estimate of drug-likeness (QED) is 0.395. The fourth-order valence-electron chi connectivity index (χ4n) is 4.62. The zero-order chi connectivity index (χ0) is 25.1. The van der Waals surface area contributed by atoms with Gasteiger partial charge < -0.3 is 15.1 Å². The Morgan fingerprint density at radius 3 is 2.61 bits per heavy atom. The van der Waals surface area contributed by atoms with Crippen LogP contribution in [-0.4, -0.2) is 82.9 Å². The summed E-state index contributed by atoms with van der Waals surface area (Å²) in [6.45, 7) is 6.31. The Kier molecular flexibility index (Phi) is 7.20. The van der Waals surface area contributed by atoms with Crippen LogP contribution >= 0.6 is 11.3 Å². The van der Waals surface area contributed by atoms with Crippen molar-refractivity contribution in [1.82, 2.24) is 24.2 Å². The lowest BCUT2D eigenvalue weighted by molar-refractivity contribution is -0.133. The highest BCUT2D eigenvalue weighted by molar-refractivity contribution is 7.09. The van der Waals surface area contributed by atoms with Gasteiger partial charge in [0.25, 0.3) is 0 Å². The van der Waals surface area contributed by atoms with E-state index in [0.29, 0.717) is 0 Å². The van der Waals surface area contributed by atoms with Gasteiger partial charge >= 0.3 is 0 Å². The van der Waals surface area contributed by atoms with Crippen LogP contribution in [0, 0.1) is 0 Å². The summed E-state index contributed by atoms with van der Waals surface area (Å²) in [4.78, 5) is 30.4. The third-order valence-electron chi connectivity index (χ3n) is 6.75. The molecule has 3 aromatic heterocycles. The number of thiophene rings is 1. The van der Waals surface area contributed by atoms with E-state index in [1.807, 2.05) is 47.9 Å². The van der Waals surface area contributed by atoms with Crippen LogP contribution in [-0.2, 0) is 11.2 Å². The molecule has 1 fully saturated rings. The van der Waals surface area contributed by atoms with Crippen molar-refractivity contribution in [2.75, 3.05) is 57.0 Å². The lowest BCUT2D eigenvalue weighted by Gasteiger charge is -2.36. The first-order chi connectivity index (χ1) is 17.5. The number of hydrogen-bond donors (Lipinski definition) is 1. The van der Waals surface area contributed by atoms with Crippen LogP contribution in [0.3, 0.4) is 0 Å². The molecular weight excluding hydrogens is 470 g/mol. The van der Waals surface area contributed by atoms with Gasteiger partial charge in [-0.1, -0.05) is 18.2 Å². The van der Waals surface area contributed by atoms with Gasteiger partial charge in [0.15, 0.2) is 5.65 Å². The number of benzene rings is 1. The molecule has 0 saturated carbocycles. The van der Waals surface area contributed by atoms with E-state index >= 15 is 0 Å². The topological polar surface area (TPSA) is 69.0 Å². The van der Waals surface area contributed by atoms with Gasteiger partial charge in [0.05, 0.1) is 6.20 Å². The standard InChI is InChI=1S/C27H33N7OS/c1-20(27(35)33-16-14-32(15-17-33)12-10-23-5-4-18-36-23)29-26-25(30-24-19-28-11-13-34(24)26)21-6-8-22(9-7-21)31(2)3/h4-9,11,13,18-20,29H,10,12,14-17H2,1-3H3. The molecule has 5 rings (SSSR count). The van der Waals surface area contributed by atoms with E-state index in [2.05, 4.69) is 61.9 Å². The normalized spacial score (nSPS) is 15.2. The molecule has 8 nitrogen and oxygen atoms in total. The van der Waals surface area contributed by atoms with Crippen molar-refractivity contribution in [1.29, 1.82) is 0 Å². The summed E-state index contributed by atoms with van der Waals surface area (Å²) in [6, 6.07) is 12.2. The number of rotatable bonds is 8. The summed E-state index contributed by atoms with van der Waals surface area (Å²) in [5, 5.41) is 5.61. The maximum atomic E-state index is 13.4. The van der Waals surface area contributed by atoms with E-state index < -0.39 is 0 Å². The highest BCUT2D eigenvalue weighted by Crippen LogP contribution is 2.30. The molecule has 1 aliphatic rings. The highest BCUT2D eigenvalue weighted by atomic mass is 32.1. The molecule has 1 unspecified atom stereocenters. The second-order valence-electron chi connectivity index (χ2n) is 9.42. The van der Waals surface area contributed by atoms with Crippen LogP contribution < -0.4 is 10.2 Å². The Labute approximate surface area is 216 Å². The molecule has 0 bridgehead atoms. The van der Waals surface area contributed by atoms with Gasteiger partial charge in [-0.05, 0) is 36.9 Å². The Morgan fingerprint density at radius 2 is 1.92 bits per heavy atom. The lowest BCUT2D eigenvalue weighted by Crippen LogP contribution is -2.52. The average Bonchev–Trinajstić information content (AvgIpc) is 3.56. The molecular formula is C27H33N7OS. The molecule has 1 aliphatic heterocycles. The van der Waals surface area contributed by atoms with Crippen molar-refractivity contribution in [3.8, 4) is 11.3 Å². The number of imidazole rings is 1. The molecule has 36 heavy (non-hydrogen) atoms. The van der Waals surface area contributed by atoms with Crippen molar-refractivity contribution in [2.45, 2.75) is 19.4 Å². The van der Waals surface area contributed by atoms with Crippen LogP contribution in [0.1, 0.15) is 11.8 Å². The molecule has 0 aliphatic carbocycles. The minimum atomic E-state index is -0.379. The summed E-state index contributed by atoms with van der Waals surface area (Å²) in [6.07, 6.45) is 6.43. The van der Waals surface area contributed by atoms with E-state index in [1.54, 1.807) is 12.4 Å². The Balaban J connectivity index is 1.27. The van der Waals surface area contributed by atoms with Gasteiger partial charge in [-0.15, -0.1) is 11.3 Å². The second kappa shape index (κ2) is 10.7. The molecule has 1 amide bonds. The molecule has 1 N–H and O–H groups in total. The predicted octanol–water partition coefficient (Wildman–Crippen LogP) is 3.71. The molecule has 0 spiro atoms. The van der Waals surface area contributed by atoms with Crippen LogP contribution in [0.25, 0.3) is 16.9 Å². The van der Waals surface area contributed by atoms with E-state index in [-0.39, 0.29) is 11.9 Å². The third kappa shape index (κ3) is 5.22. The average molecular weight is 504 g/mol. The van der Waals surface area contributed by atoms with Crippen molar-refractivity contribution in [3.63, 3.8) is 0 Å². The molecule has 188 valence electrons. The maximum Gasteiger partial charge on any atom is 0.244 e. The van der Waals surface area contributed by atoms with Gasteiger partial charge in [0.1, 0.15) is 17.6 Å². The van der Waals surface area contributed by atoms with Gasteiger partial charge in [-0.3, -0.25) is 19.1 Å². The third-order valence-corrected chi connectivity index (χ3v) is 7.69. The van der Waals surface area contributed by atoms with Crippen molar-refractivity contribution in [3.05, 3.63) is 65.2 Å². The van der Waals surface area contributed by atoms with Crippen molar-refractivity contribution >= 4 is 34.4 Å². The first kappa shape index (κ1) is 24.3. The molecule has 4 aromatic rings. The summed E-state index contributed by atoms with van der Waals surface area (Å²) < 4.78 is 1.97. The van der Waals surface area contributed by atoms with Gasteiger partial charge in [0.2, 0.25) is 5.91 Å². The monoisotopic (exact) mass is 503 g/mol. The second-order valence-corrected chi connectivity index (χ2v) is 10.4. The largest absolute Gasteiger partial charge is 0.378 e. The molecule has 0 radical (unpaired) electrons. The van der Waals surface area contributed by atoms with Gasteiger partial charge in [-0.25, -0.2) is 4.98 Å². The van der Waals surface area contributed by atoms with E-state index in [4.69, 9.17) is 4.98 Å². The summed E-state index contributed by atoms with van der Waals surface area (Å²) in [5.74, 6) is 0.922. The Hall–Kier alpha value is -3.43. The van der Waals surface area contributed by atoms with Crippen molar-refractivity contribution in [2.24, 2.45) is 0 Å². The number of anilines is 2. The summed E-state index contributed by atoms with van der Waals surface area (Å²) in [7, 11) is 4.05. The molecule has 1 aromatic carbocycles. The number of aromatic nitrogens is 3. The number of amides is 1. The molecule has 1 atom stereocenters. The number of carbonyl (C=O) groups is 1. The zero-order valence-corrected chi connectivity index (χ0v) is 21.9. The molecule has 4 heterocycles. The van der Waals surface area contributed by atoms with E-state index in [0.717, 1.165) is 67.6 Å². The number of nitrogens with one attached hydrogen (secondary N) is 1. The Bertz CT molecular complexity index is 1290. The summed E-state index contributed by atoms with van der Waals surface area (Å²) >= 11 is 1.81. The van der Waals surface area contributed by atoms with Gasteiger partial charge in [-0.2, -0.15) is 0 Å². The Morgan fingerprint density at radius 1 is 1.14 bits per heavy atom. The fraction of sp³-hybridized carbons (Fsp3) is 0.370. The minimum absolute atomic E-state index is 0.116. The highest BCUT2D eigenvalue weighted by Gasteiger charge is 2.26. The number of carbonyl (C=O) groups excluding carboxylic acids is 1. The number of piperazine rings is 1. The number of nitrogens with zero attached hydrogens (tertiary/aromatic N) is 6. The van der Waals surface area contributed by atoms with Crippen LogP contribution in [0.4, 0.5) is 11.5 Å². The lowest BCUT2D eigenvalue weighted by atomic mass is 10.1. The zero-order valence-electron chi connectivity index (χ0n) is 21.1. The number of fused-ring (bicyclic) bond motifs is 1. The van der Waals surface area contributed by atoms with Crippen LogP contribution in [0.5, 0.6) is 0 Å². The van der Waals surface area contributed by atoms with Crippen LogP contribution in [0.15, 0.2) is 60.4 Å². The summed E-state index contributed by atoms with van der Waals surface area (Å²) in [5.41, 5.74) is 3.67. The predicted molar refractivity (Wildman–Crippen MR) is 147 cm³/mol.